The number of rotatable bonds is 0. The number of nitrogens with one attached hydrogen (secondary N) is 1. The highest BCUT2D eigenvalue weighted by molar-refractivity contribution is 7.80. The van der Waals surface area contributed by atoms with Crippen LogP contribution in [-0.2, 0) is 0 Å². The molecular formula is C11H14N2S. The van der Waals surface area contributed by atoms with Crippen LogP contribution in [-0.4, -0.2) is 17.1 Å². The van der Waals surface area contributed by atoms with E-state index in [-0.39, 0.29) is 5.54 Å². The van der Waals surface area contributed by atoms with Crippen molar-refractivity contribution >= 4 is 17.2 Å². The fraction of sp³-hybridized carbons (Fsp3) is 0.364. The van der Waals surface area contributed by atoms with E-state index in [1.807, 2.05) is 19.1 Å². The number of allylic oxidation sites excluding steroid dienone is 2. The van der Waals surface area contributed by atoms with Gasteiger partial charge in [-0.15, -0.1) is 0 Å². The molecule has 3 heteroatoms. The maximum Gasteiger partial charge on any atom is 0.0800 e. The summed E-state index contributed by atoms with van der Waals surface area (Å²) in [6.07, 6.45) is 9.08. The van der Waals surface area contributed by atoms with Gasteiger partial charge in [0.2, 0.25) is 0 Å². The van der Waals surface area contributed by atoms with Crippen LogP contribution >= 0.6 is 12.2 Å². The molecule has 0 aromatic rings. The van der Waals surface area contributed by atoms with Crippen molar-refractivity contribution in [3.63, 3.8) is 0 Å². The topological polar surface area (TPSA) is 38.0 Å². The first-order chi connectivity index (χ1) is 6.57. The predicted molar refractivity (Wildman–Crippen MR) is 63.1 cm³/mol. The third-order valence-corrected chi connectivity index (χ3v) is 2.77. The van der Waals surface area contributed by atoms with Crippen molar-refractivity contribution in [2.75, 3.05) is 6.54 Å². The van der Waals surface area contributed by atoms with Gasteiger partial charge in [0.25, 0.3) is 0 Å². The zero-order valence-corrected chi connectivity index (χ0v) is 9.03. The Morgan fingerprint density at radius 2 is 2.29 bits per heavy atom. The van der Waals surface area contributed by atoms with Crippen LogP contribution in [0, 0.1) is 0 Å². The highest BCUT2D eigenvalue weighted by Crippen LogP contribution is 2.24. The fourth-order valence-corrected chi connectivity index (χ4v) is 1.99. The molecule has 1 aliphatic heterocycles. The van der Waals surface area contributed by atoms with Gasteiger partial charge in [0.1, 0.15) is 0 Å². The second-order valence-corrected chi connectivity index (χ2v) is 4.53. The van der Waals surface area contributed by atoms with Gasteiger partial charge in [0.05, 0.1) is 10.5 Å². The molecule has 1 saturated heterocycles. The standard InChI is InChI=1S/C11H14N2S/c1-11(12)4-2-3-8-5-10(14)13-7-9(8)6-11/h2-4,6H,5,7,12H2,1H3,(H,13,14). The maximum absolute atomic E-state index is 6.06. The number of thiocarbonyl (C=S) groups is 1. The van der Waals surface area contributed by atoms with Gasteiger partial charge in [0.15, 0.2) is 0 Å². The van der Waals surface area contributed by atoms with Crippen LogP contribution in [0.25, 0.3) is 0 Å². The first kappa shape index (κ1) is 9.62. The second kappa shape index (κ2) is 3.33. The van der Waals surface area contributed by atoms with E-state index in [1.54, 1.807) is 0 Å². The Labute approximate surface area is 89.6 Å². The molecule has 0 aromatic carbocycles. The Kier molecular flexibility index (Phi) is 2.29. The van der Waals surface area contributed by atoms with Gasteiger partial charge in [-0.3, -0.25) is 0 Å². The van der Waals surface area contributed by atoms with Crippen LogP contribution in [0.2, 0.25) is 0 Å². The zero-order valence-electron chi connectivity index (χ0n) is 8.21. The second-order valence-electron chi connectivity index (χ2n) is 4.04. The zero-order chi connectivity index (χ0) is 10.2. The molecule has 74 valence electrons. The lowest BCUT2D eigenvalue weighted by Crippen LogP contribution is -2.35. The summed E-state index contributed by atoms with van der Waals surface area (Å²) in [7, 11) is 0. The van der Waals surface area contributed by atoms with Crippen LogP contribution in [0.4, 0.5) is 0 Å². The number of nitrogens with two attached hydrogens (primary N) is 1. The van der Waals surface area contributed by atoms with Crippen molar-refractivity contribution in [1.82, 2.24) is 5.32 Å². The number of hydrogen-bond acceptors (Lipinski definition) is 2. The molecule has 2 aliphatic rings. The Morgan fingerprint density at radius 1 is 1.50 bits per heavy atom. The van der Waals surface area contributed by atoms with Gasteiger partial charge in [-0.1, -0.05) is 36.5 Å². The Bertz CT molecular complexity index is 361. The fourth-order valence-electron chi connectivity index (χ4n) is 1.76. The van der Waals surface area contributed by atoms with E-state index in [1.165, 1.54) is 11.1 Å². The van der Waals surface area contributed by atoms with E-state index in [2.05, 4.69) is 17.5 Å². The van der Waals surface area contributed by atoms with E-state index < -0.39 is 0 Å². The summed E-state index contributed by atoms with van der Waals surface area (Å²) in [5.41, 5.74) is 8.29. The van der Waals surface area contributed by atoms with Crippen LogP contribution in [0.15, 0.2) is 35.5 Å². The molecule has 0 spiro atoms. The Morgan fingerprint density at radius 3 is 3.07 bits per heavy atom. The van der Waals surface area contributed by atoms with E-state index in [9.17, 15) is 0 Å². The highest BCUT2D eigenvalue weighted by atomic mass is 32.1. The number of piperidine rings is 1. The van der Waals surface area contributed by atoms with Crippen LogP contribution in [0.1, 0.15) is 13.3 Å². The highest BCUT2D eigenvalue weighted by Gasteiger charge is 2.20. The molecule has 1 fully saturated rings. The first-order valence-corrected chi connectivity index (χ1v) is 5.14. The molecule has 2 rings (SSSR count). The van der Waals surface area contributed by atoms with Crippen molar-refractivity contribution in [1.29, 1.82) is 0 Å². The van der Waals surface area contributed by atoms with Crippen molar-refractivity contribution in [2.45, 2.75) is 18.9 Å². The largest absolute Gasteiger partial charge is 0.375 e. The normalized spacial score (nSPS) is 31.1. The SMILES string of the molecule is CC1(N)C=CC=C2CC(=S)NCC2=C1. The smallest absolute Gasteiger partial charge is 0.0800 e. The third kappa shape index (κ3) is 1.94. The molecule has 1 aliphatic carbocycles. The Hall–Kier alpha value is -0.930. The predicted octanol–water partition coefficient (Wildman–Crippen LogP) is 1.45. The minimum Gasteiger partial charge on any atom is -0.375 e. The van der Waals surface area contributed by atoms with Gasteiger partial charge < -0.3 is 11.1 Å². The number of fused-ring (bicyclic) bond motifs is 1. The minimum absolute atomic E-state index is 0.339. The molecule has 2 nitrogen and oxygen atoms in total. The van der Waals surface area contributed by atoms with Crippen molar-refractivity contribution in [3.05, 3.63) is 35.5 Å². The lowest BCUT2D eigenvalue weighted by molar-refractivity contribution is 0.724. The Balaban J connectivity index is 2.35. The molecule has 1 unspecified atom stereocenters. The molecule has 1 heterocycles. The summed E-state index contributed by atoms with van der Waals surface area (Å²) in [5, 5.41) is 3.19. The summed E-state index contributed by atoms with van der Waals surface area (Å²) in [6, 6.07) is 0. The summed E-state index contributed by atoms with van der Waals surface area (Å²) in [6.45, 7) is 2.80. The number of hydrogen-bond donors (Lipinski definition) is 2. The molecule has 0 radical (unpaired) electrons. The molecule has 0 saturated carbocycles. The molecule has 0 aromatic heterocycles. The van der Waals surface area contributed by atoms with Gasteiger partial charge in [0, 0.05) is 13.0 Å². The molecule has 0 amide bonds. The van der Waals surface area contributed by atoms with E-state index >= 15 is 0 Å². The van der Waals surface area contributed by atoms with E-state index in [4.69, 9.17) is 18.0 Å². The monoisotopic (exact) mass is 206 g/mol. The molecular weight excluding hydrogens is 192 g/mol. The third-order valence-electron chi connectivity index (χ3n) is 2.48. The van der Waals surface area contributed by atoms with Crippen molar-refractivity contribution < 1.29 is 0 Å². The van der Waals surface area contributed by atoms with Gasteiger partial charge in [-0.25, -0.2) is 0 Å². The first-order valence-electron chi connectivity index (χ1n) is 4.73. The summed E-state index contributed by atoms with van der Waals surface area (Å²) in [5.74, 6) is 0. The summed E-state index contributed by atoms with van der Waals surface area (Å²) >= 11 is 5.14. The summed E-state index contributed by atoms with van der Waals surface area (Å²) in [4.78, 5) is 0.919. The summed E-state index contributed by atoms with van der Waals surface area (Å²) < 4.78 is 0. The maximum atomic E-state index is 6.06. The van der Waals surface area contributed by atoms with Crippen molar-refractivity contribution in [3.8, 4) is 0 Å². The van der Waals surface area contributed by atoms with E-state index in [0.717, 1.165) is 18.0 Å². The van der Waals surface area contributed by atoms with Crippen LogP contribution in [0.5, 0.6) is 0 Å². The van der Waals surface area contributed by atoms with Gasteiger partial charge in [-0.2, -0.15) is 0 Å². The lowest BCUT2D eigenvalue weighted by atomic mass is 9.94. The molecule has 0 bridgehead atoms. The quantitative estimate of drug-likeness (QED) is 0.589. The minimum atomic E-state index is -0.339. The van der Waals surface area contributed by atoms with E-state index in [0.29, 0.717) is 0 Å². The molecule has 1 atom stereocenters. The average Bonchev–Trinajstić information content (AvgIpc) is 2.22. The van der Waals surface area contributed by atoms with Crippen LogP contribution < -0.4 is 11.1 Å². The molecule has 3 N–H and O–H groups in total. The van der Waals surface area contributed by atoms with Gasteiger partial charge in [-0.05, 0) is 18.1 Å². The average molecular weight is 206 g/mol. The van der Waals surface area contributed by atoms with Gasteiger partial charge >= 0.3 is 0 Å². The molecule has 14 heavy (non-hydrogen) atoms. The lowest BCUT2D eigenvalue weighted by Gasteiger charge is -2.23. The van der Waals surface area contributed by atoms with Crippen molar-refractivity contribution in [2.24, 2.45) is 5.73 Å². The van der Waals surface area contributed by atoms with Crippen LogP contribution in [0.3, 0.4) is 0 Å².